The molecular weight excluding hydrogens is 462 g/mol. The lowest BCUT2D eigenvalue weighted by Gasteiger charge is -2.39. The molecule has 180 valence electrons. The Kier molecular flexibility index (Phi) is 6.72. The van der Waals surface area contributed by atoms with Gasteiger partial charge in [0.15, 0.2) is 5.78 Å². The van der Waals surface area contributed by atoms with Crippen molar-refractivity contribution in [3.63, 3.8) is 0 Å². The highest BCUT2D eigenvalue weighted by Crippen LogP contribution is 2.48. The quantitative estimate of drug-likeness (QED) is 0.400. The molecule has 0 radical (unpaired) electrons. The summed E-state index contributed by atoms with van der Waals surface area (Å²) >= 11 is 5.84. The minimum atomic E-state index is -4.80. The molecule has 0 saturated carbocycles. The van der Waals surface area contributed by atoms with Crippen LogP contribution >= 0.6 is 11.6 Å². The zero-order valence-corrected chi connectivity index (χ0v) is 19.8. The number of hydrogen-bond acceptors (Lipinski definition) is 4. The summed E-state index contributed by atoms with van der Waals surface area (Å²) in [6.45, 7) is 9.04. The predicted octanol–water partition coefficient (Wildman–Crippen LogP) is 6.30. The third kappa shape index (κ3) is 5.10. The van der Waals surface area contributed by atoms with Gasteiger partial charge >= 0.3 is 12.1 Å². The van der Waals surface area contributed by atoms with Crippen LogP contribution in [0.15, 0.2) is 34.7 Å². The Labute approximate surface area is 195 Å². The van der Waals surface area contributed by atoms with Crippen LogP contribution in [0.2, 0.25) is 5.02 Å². The molecule has 2 aliphatic rings. The smallest absolute Gasteiger partial charge is 0.416 e. The van der Waals surface area contributed by atoms with E-state index in [1.165, 1.54) is 0 Å². The molecule has 4 nitrogen and oxygen atoms in total. The summed E-state index contributed by atoms with van der Waals surface area (Å²) in [6, 6.07) is 1.12. The largest absolute Gasteiger partial charge is 0.462 e. The molecule has 0 saturated heterocycles. The molecule has 1 atom stereocenters. The van der Waals surface area contributed by atoms with Crippen LogP contribution in [-0.2, 0) is 20.5 Å². The number of halogens is 5. The van der Waals surface area contributed by atoms with E-state index in [4.69, 9.17) is 16.3 Å². The van der Waals surface area contributed by atoms with Crippen molar-refractivity contribution in [2.24, 2.45) is 11.3 Å². The molecular formula is C24H26ClF4NO3. The predicted molar refractivity (Wildman–Crippen MR) is 116 cm³/mol. The molecule has 0 spiro atoms. The molecule has 3 rings (SSSR count). The average molecular weight is 488 g/mol. The first-order valence-electron chi connectivity index (χ1n) is 10.6. The van der Waals surface area contributed by atoms with Crippen molar-refractivity contribution in [1.29, 1.82) is 0 Å². The van der Waals surface area contributed by atoms with E-state index in [0.717, 1.165) is 0 Å². The normalized spacial score (nSPS) is 20.7. The van der Waals surface area contributed by atoms with Gasteiger partial charge in [0.25, 0.3) is 0 Å². The van der Waals surface area contributed by atoms with E-state index >= 15 is 4.39 Å². The van der Waals surface area contributed by atoms with Crippen LogP contribution < -0.4 is 5.32 Å². The summed E-state index contributed by atoms with van der Waals surface area (Å²) in [7, 11) is 0. The highest BCUT2D eigenvalue weighted by molar-refractivity contribution is 6.31. The van der Waals surface area contributed by atoms with Crippen molar-refractivity contribution >= 4 is 23.4 Å². The average Bonchev–Trinajstić information content (AvgIpc) is 2.65. The first kappa shape index (κ1) is 25.3. The van der Waals surface area contributed by atoms with Crippen LogP contribution in [-0.4, -0.2) is 18.4 Å². The van der Waals surface area contributed by atoms with Crippen molar-refractivity contribution in [2.75, 3.05) is 6.61 Å². The Morgan fingerprint density at radius 3 is 2.48 bits per heavy atom. The van der Waals surface area contributed by atoms with Gasteiger partial charge in [-0.25, -0.2) is 9.18 Å². The first-order valence-corrected chi connectivity index (χ1v) is 11.0. The lowest BCUT2D eigenvalue weighted by atomic mass is 9.68. The number of carbonyl (C=O) groups excluding carboxylic acids is 2. The van der Waals surface area contributed by atoms with Gasteiger partial charge < -0.3 is 10.1 Å². The standard InChI is InChI=1S/C24H26ClF4NO3/c1-11(2)10-33-22(32)18-12(3)30-16-8-23(4,5)9-17(31)20(16)19(18)14-6-13(24(27,28)29)7-15(25)21(14)26/h6-7,11,19,30H,8-10H2,1-5H3. The number of ether oxygens (including phenoxy) is 1. The van der Waals surface area contributed by atoms with Crippen LogP contribution in [0.4, 0.5) is 17.6 Å². The summed E-state index contributed by atoms with van der Waals surface area (Å²) < 4.78 is 61.2. The van der Waals surface area contributed by atoms with Crippen LogP contribution in [0.1, 0.15) is 64.5 Å². The Hall–Kier alpha value is -2.35. The monoisotopic (exact) mass is 487 g/mol. The Bertz CT molecular complexity index is 1070. The summed E-state index contributed by atoms with van der Waals surface area (Å²) in [5.74, 6) is -3.67. The van der Waals surface area contributed by atoms with Gasteiger partial charge in [-0.2, -0.15) is 13.2 Å². The molecule has 1 aliphatic carbocycles. The molecule has 0 aromatic heterocycles. The summed E-state index contributed by atoms with van der Waals surface area (Å²) in [5.41, 5.74) is -1.32. The van der Waals surface area contributed by atoms with Gasteiger partial charge in [-0.1, -0.05) is 39.3 Å². The summed E-state index contributed by atoms with van der Waals surface area (Å²) in [6.07, 6.45) is -4.29. The lowest BCUT2D eigenvalue weighted by molar-refractivity contribution is -0.140. The maximum absolute atomic E-state index is 15.2. The molecule has 1 unspecified atom stereocenters. The van der Waals surface area contributed by atoms with Gasteiger partial charge in [-0.15, -0.1) is 0 Å². The maximum atomic E-state index is 15.2. The van der Waals surface area contributed by atoms with Gasteiger partial charge in [-0.3, -0.25) is 4.79 Å². The van der Waals surface area contributed by atoms with Crippen LogP contribution in [0, 0.1) is 17.2 Å². The number of hydrogen-bond donors (Lipinski definition) is 1. The van der Waals surface area contributed by atoms with Gasteiger partial charge in [0.1, 0.15) is 5.82 Å². The molecule has 1 aliphatic heterocycles. The molecule has 1 aromatic rings. The fourth-order valence-electron chi connectivity index (χ4n) is 4.32. The van der Waals surface area contributed by atoms with Crippen molar-refractivity contribution in [3.05, 3.63) is 56.6 Å². The fraction of sp³-hybridized carbons (Fsp3) is 0.500. The number of allylic oxidation sites excluding steroid dienone is 3. The van der Waals surface area contributed by atoms with Gasteiger partial charge in [0, 0.05) is 29.0 Å². The second kappa shape index (κ2) is 8.78. The van der Waals surface area contributed by atoms with E-state index in [2.05, 4.69) is 5.32 Å². The molecule has 33 heavy (non-hydrogen) atoms. The highest BCUT2D eigenvalue weighted by Gasteiger charge is 2.45. The number of rotatable bonds is 4. The third-order valence-electron chi connectivity index (χ3n) is 5.70. The van der Waals surface area contributed by atoms with E-state index < -0.39 is 45.4 Å². The molecule has 1 heterocycles. The van der Waals surface area contributed by atoms with Crippen LogP contribution in [0.25, 0.3) is 0 Å². The third-order valence-corrected chi connectivity index (χ3v) is 5.98. The van der Waals surface area contributed by atoms with E-state index in [0.29, 0.717) is 29.9 Å². The molecule has 0 amide bonds. The van der Waals surface area contributed by atoms with E-state index in [9.17, 15) is 22.8 Å². The van der Waals surface area contributed by atoms with Gasteiger partial charge in [0.2, 0.25) is 0 Å². The van der Waals surface area contributed by atoms with Crippen LogP contribution in [0.3, 0.4) is 0 Å². The maximum Gasteiger partial charge on any atom is 0.416 e. The van der Waals surface area contributed by atoms with Gasteiger partial charge in [0.05, 0.1) is 28.7 Å². The topological polar surface area (TPSA) is 55.4 Å². The molecule has 0 bridgehead atoms. The zero-order chi connectivity index (χ0) is 24.9. The minimum absolute atomic E-state index is 0.00326. The van der Waals surface area contributed by atoms with Crippen molar-refractivity contribution in [2.45, 2.75) is 59.6 Å². The number of alkyl halides is 3. The number of ketones is 1. The Balaban J connectivity index is 2.27. The van der Waals surface area contributed by atoms with Gasteiger partial charge in [-0.05, 0) is 36.8 Å². The highest BCUT2D eigenvalue weighted by atomic mass is 35.5. The Morgan fingerprint density at radius 2 is 1.91 bits per heavy atom. The number of nitrogens with one attached hydrogen (secondary N) is 1. The number of esters is 1. The number of carbonyl (C=O) groups is 2. The SMILES string of the molecule is CC1=C(C(=O)OCC(C)C)C(c2cc(C(F)(F)F)cc(Cl)c2F)C2=C(CC(C)(C)CC2=O)N1. The molecule has 1 N–H and O–H groups in total. The van der Waals surface area contributed by atoms with Crippen molar-refractivity contribution in [1.82, 2.24) is 5.32 Å². The summed E-state index contributed by atoms with van der Waals surface area (Å²) in [4.78, 5) is 26.2. The molecule has 1 aromatic carbocycles. The van der Waals surface area contributed by atoms with Crippen LogP contribution in [0.5, 0.6) is 0 Å². The molecule has 0 fully saturated rings. The number of benzene rings is 1. The molecule has 9 heteroatoms. The Morgan fingerprint density at radius 1 is 1.27 bits per heavy atom. The van der Waals surface area contributed by atoms with E-state index in [1.807, 2.05) is 27.7 Å². The van der Waals surface area contributed by atoms with Crippen molar-refractivity contribution < 1.29 is 31.9 Å². The summed E-state index contributed by atoms with van der Waals surface area (Å²) in [5, 5.41) is 2.32. The lowest BCUT2D eigenvalue weighted by Crippen LogP contribution is -2.39. The van der Waals surface area contributed by atoms with E-state index in [1.54, 1.807) is 6.92 Å². The van der Waals surface area contributed by atoms with E-state index in [-0.39, 0.29) is 35.9 Å². The second-order valence-corrected chi connectivity index (χ2v) is 10.2. The number of Topliss-reactive ketones (excluding diaryl/α,β-unsaturated/α-hetero) is 1. The minimum Gasteiger partial charge on any atom is -0.462 e. The zero-order valence-electron chi connectivity index (χ0n) is 19.0. The second-order valence-electron chi connectivity index (χ2n) is 9.78. The fourth-order valence-corrected chi connectivity index (χ4v) is 4.55. The number of dihydropyridines is 1. The van der Waals surface area contributed by atoms with Crippen molar-refractivity contribution in [3.8, 4) is 0 Å². The first-order chi connectivity index (χ1) is 15.1.